The van der Waals surface area contributed by atoms with Gasteiger partial charge in [-0.15, -0.1) is 0 Å². The third-order valence-corrected chi connectivity index (χ3v) is 7.22. The normalized spacial score (nSPS) is 17.2. The van der Waals surface area contributed by atoms with E-state index in [2.05, 4.69) is 19.2 Å². The highest BCUT2D eigenvalue weighted by molar-refractivity contribution is 7.07. The molecule has 1 aromatic carbocycles. The van der Waals surface area contributed by atoms with Crippen LogP contribution in [0.5, 0.6) is 0 Å². The Labute approximate surface area is 232 Å². The number of rotatable bonds is 8. The second kappa shape index (κ2) is 12.5. The van der Waals surface area contributed by atoms with Crippen LogP contribution in [0.15, 0.2) is 35.0 Å². The van der Waals surface area contributed by atoms with Crippen molar-refractivity contribution >= 4 is 52.2 Å². The van der Waals surface area contributed by atoms with Crippen LogP contribution in [0, 0.1) is 5.92 Å². The fourth-order valence-electron chi connectivity index (χ4n) is 4.21. The Morgan fingerprint density at radius 3 is 2.31 bits per heavy atom. The zero-order valence-corrected chi connectivity index (χ0v) is 23.7. The van der Waals surface area contributed by atoms with E-state index in [0.717, 1.165) is 17.5 Å². The lowest BCUT2D eigenvalue weighted by atomic mass is 9.94. The lowest BCUT2D eigenvalue weighted by Crippen LogP contribution is -2.53. The zero-order valence-electron chi connectivity index (χ0n) is 22.9. The smallest absolute Gasteiger partial charge is 0.250 e. The van der Waals surface area contributed by atoms with Gasteiger partial charge in [0, 0.05) is 25.7 Å². The molecule has 1 aromatic heterocycles. The summed E-state index contributed by atoms with van der Waals surface area (Å²) in [7, 11) is 0. The third-order valence-electron chi connectivity index (χ3n) is 6.49. The van der Waals surface area contributed by atoms with Crippen molar-refractivity contribution in [2.45, 2.75) is 77.9 Å². The summed E-state index contributed by atoms with van der Waals surface area (Å²) in [6.45, 7) is 7.55. The molecule has 5 N–H and O–H groups in total. The molecule has 11 heteroatoms. The molecule has 39 heavy (non-hydrogen) atoms. The van der Waals surface area contributed by atoms with Crippen molar-refractivity contribution < 1.29 is 24.0 Å². The number of primary amides is 1. The number of hydrogen-bond donors (Lipinski definition) is 3. The first-order chi connectivity index (χ1) is 18.3. The maximum Gasteiger partial charge on any atom is 0.250 e. The monoisotopic (exact) mass is 555 g/mol. The quantitative estimate of drug-likeness (QED) is 0.425. The van der Waals surface area contributed by atoms with E-state index in [0.29, 0.717) is 36.7 Å². The Balaban J connectivity index is 0.000000532. The van der Waals surface area contributed by atoms with Crippen molar-refractivity contribution in [3.8, 4) is 0 Å². The predicted octanol–water partition coefficient (Wildman–Crippen LogP) is 2.62. The van der Waals surface area contributed by atoms with Crippen LogP contribution in [0.2, 0.25) is 0 Å². The number of hydrogen-bond acceptors (Lipinski definition) is 7. The average molecular weight is 556 g/mol. The fourth-order valence-corrected chi connectivity index (χ4v) is 4.87. The lowest BCUT2D eigenvalue weighted by molar-refractivity contribution is -0.128. The molecule has 0 saturated carbocycles. The number of anilines is 2. The summed E-state index contributed by atoms with van der Waals surface area (Å²) in [5, 5.41) is 6.81. The molecule has 1 saturated heterocycles. The maximum atomic E-state index is 13.5. The maximum absolute atomic E-state index is 13.5. The summed E-state index contributed by atoms with van der Waals surface area (Å²) < 4.78 is 0. The predicted molar refractivity (Wildman–Crippen MR) is 151 cm³/mol. The zero-order chi connectivity index (χ0) is 28.9. The molecule has 2 aliphatic rings. The van der Waals surface area contributed by atoms with Gasteiger partial charge in [0.1, 0.15) is 6.04 Å². The number of nitrogens with one attached hydrogen (secondary N) is 1. The number of amides is 5. The van der Waals surface area contributed by atoms with Gasteiger partial charge in [0.05, 0.1) is 23.5 Å². The van der Waals surface area contributed by atoms with E-state index in [1.807, 2.05) is 22.9 Å². The summed E-state index contributed by atoms with van der Waals surface area (Å²) in [6.07, 6.45) is 1.80. The Kier molecular flexibility index (Phi) is 9.63. The van der Waals surface area contributed by atoms with E-state index in [-0.39, 0.29) is 36.5 Å². The minimum Gasteiger partial charge on any atom is -0.368 e. The number of nitrogens with zero attached hydrogens (tertiary/aromatic N) is 2. The Bertz CT molecular complexity index is 1220. The van der Waals surface area contributed by atoms with Crippen LogP contribution >= 0.6 is 11.3 Å². The summed E-state index contributed by atoms with van der Waals surface area (Å²) in [5.74, 6) is -0.958. The minimum absolute atomic E-state index is 0.142. The van der Waals surface area contributed by atoms with Crippen LogP contribution in [0.4, 0.5) is 11.4 Å². The van der Waals surface area contributed by atoms with Gasteiger partial charge < -0.3 is 21.7 Å². The van der Waals surface area contributed by atoms with Crippen molar-refractivity contribution in [1.29, 1.82) is 0 Å². The number of imide groups is 1. The number of carbonyl (C=O) groups excluding carboxylic acids is 5. The van der Waals surface area contributed by atoms with Gasteiger partial charge in [-0.25, -0.2) is 4.90 Å². The topological polar surface area (TPSA) is 156 Å². The molecule has 10 nitrogen and oxygen atoms in total. The number of thiophene rings is 1. The van der Waals surface area contributed by atoms with Crippen molar-refractivity contribution in [1.82, 2.24) is 5.32 Å². The molecule has 0 spiro atoms. The van der Waals surface area contributed by atoms with E-state index in [4.69, 9.17) is 11.5 Å². The summed E-state index contributed by atoms with van der Waals surface area (Å²) in [4.78, 5) is 63.9. The Morgan fingerprint density at radius 1 is 1.13 bits per heavy atom. The first-order valence-electron chi connectivity index (χ1n) is 13.0. The largest absolute Gasteiger partial charge is 0.368 e. The van der Waals surface area contributed by atoms with Gasteiger partial charge >= 0.3 is 0 Å². The van der Waals surface area contributed by atoms with Crippen LogP contribution in [0.3, 0.4) is 0 Å². The molecule has 5 amide bonds. The molecule has 3 heterocycles. The van der Waals surface area contributed by atoms with Gasteiger partial charge in [-0.3, -0.25) is 24.0 Å². The summed E-state index contributed by atoms with van der Waals surface area (Å²) in [5.41, 5.74) is 12.0. The van der Waals surface area contributed by atoms with E-state index >= 15 is 0 Å². The SMILES string of the molecule is CC(C)(N)C(N)=O.CC(C)CCC(=O)NC1Cc2cccc(N3C(=O)CCC3=O)c2N(Cc2ccsc2)C1=O. The number of nitrogens with two attached hydrogens (primary N) is 2. The minimum atomic E-state index is -0.861. The van der Waals surface area contributed by atoms with Crippen molar-refractivity contribution in [2.24, 2.45) is 17.4 Å². The van der Waals surface area contributed by atoms with Gasteiger partial charge in [0.2, 0.25) is 29.5 Å². The highest BCUT2D eigenvalue weighted by Crippen LogP contribution is 2.40. The van der Waals surface area contributed by atoms with Gasteiger partial charge in [0.15, 0.2) is 0 Å². The van der Waals surface area contributed by atoms with E-state index < -0.39 is 17.5 Å². The molecule has 4 rings (SSSR count). The molecule has 210 valence electrons. The van der Waals surface area contributed by atoms with Gasteiger partial charge in [-0.2, -0.15) is 11.3 Å². The number of para-hydroxylation sites is 1. The standard InChI is InChI=1S/C24H27N3O4S.C4H10N2O/c1-15(2)6-7-20(28)25-18-12-17-4-3-5-19(27-21(29)8-9-22(27)30)23(17)26(24(18)31)13-16-10-11-32-14-16;1-4(2,6)3(5)7/h3-5,10-11,14-15,18H,6-9,12-13H2,1-2H3,(H,25,28);6H2,1-2H3,(H2,5,7). The van der Waals surface area contributed by atoms with E-state index in [1.54, 1.807) is 30.9 Å². The number of benzene rings is 1. The van der Waals surface area contributed by atoms with E-state index in [9.17, 15) is 24.0 Å². The number of carbonyl (C=O) groups is 5. The molecule has 1 atom stereocenters. The van der Waals surface area contributed by atoms with E-state index in [1.165, 1.54) is 16.2 Å². The molecule has 1 unspecified atom stereocenters. The summed E-state index contributed by atoms with van der Waals surface area (Å²) in [6, 6.07) is 6.67. The first kappa shape index (κ1) is 30.0. The average Bonchev–Trinajstić information content (AvgIpc) is 3.49. The Morgan fingerprint density at radius 2 is 1.77 bits per heavy atom. The molecule has 0 aliphatic carbocycles. The lowest BCUT2D eigenvalue weighted by Gasteiger charge is -2.37. The molecular formula is C28H37N5O5S. The molecule has 1 fully saturated rings. The molecule has 0 radical (unpaired) electrons. The molecule has 0 bridgehead atoms. The molecule has 2 aliphatic heterocycles. The van der Waals surface area contributed by atoms with Crippen LogP contribution < -0.4 is 26.6 Å². The highest BCUT2D eigenvalue weighted by Gasteiger charge is 2.39. The third kappa shape index (κ3) is 7.51. The second-order valence-corrected chi connectivity index (χ2v) is 11.6. The number of fused-ring (bicyclic) bond motifs is 1. The van der Waals surface area contributed by atoms with Gasteiger partial charge in [-0.05, 0) is 60.2 Å². The van der Waals surface area contributed by atoms with Crippen molar-refractivity contribution in [3.05, 3.63) is 46.2 Å². The van der Waals surface area contributed by atoms with Crippen LogP contribution in [0.25, 0.3) is 0 Å². The van der Waals surface area contributed by atoms with Crippen molar-refractivity contribution in [3.63, 3.8) is 0 Å². The Hall–Kier alpha value is -3.57. The second-order valence-electron chi connectivity index (χ2n) is 10.8. The first-order valence-corrected chi connectivity index (χ1v) is 13.9. The van der Waals surface area contributed by atoms with Crippen LogP contribution in [0.1, 0.15) is 64.5 Å². The molecular weight excluding hydrogens is 518 g/mol. The van der Waals surface area contributed by atoms with Gasteiger partial charge in [-0.1, -0.05) is 26.0 Å². The van der Waals surface area contributed by atoms with Crippen molar-refractivity contribution in [2.75, 3.05) is 9.80 Å². The fraction of sp³-hybridized carbons (Fsp3) is 0.464. The molecule has 2 aromatic rings. The van der Waals surface area contributed by atoms with Crippen LogP contribution in [-0.2, 0) is 36.9 Å². The highest BCUT2D eigenvalue weighted by atomic mass is 32.1. The van der Waals surface area contributed by atoms with Gasteiger partial charge in [0.25, 0.3) is 0 Å². The van der Waals surface area contributed by atoms with Crippen LogP contribution in [-0.4, -0.2) is 41.1 Å². The summed E-state index contributed by atoms with van der Waals surface area (Å²) >= 11 is 1.54.